The highest BCUT2D eigenvalue weighted by molar-refractivity contribution is 5.81. The fraction of sp³-hybridized carbons (Fsp3) is 0.933. The van der Waals surface area contributed by atoms with Gasteiger partial charge in [0, 0.05) is 38.1 Å². The van der Waals surface area contributed by atoms with E-state index >= 15 is 0 Å². The van der Waals surface area contributed by atoms with Crippen LogP contribution in [0, 0.1) is 11.3 Å². The van der Waals surface area contributed by atoms with E-state index in [4.69, 9.17) is 0 Å². The van der Waals surface area contributed by atoms with Gasteiger partial charge in [-0.1, -0.05) is 20.8 Å². The van der Waals surface area contributed by atoms with Gasteiger partial charge in [-0.05, 0) is 31.8 Å². The fourth-order valence-corrected chi connectivity index (χ4v) is 3.04. The minimum atomic E-state index is -0.239. The normalized spacial score (nSPS) is 23.6. The molecule has 110 valence electrons. The summed E-state index contributed by atoms with van der Waals surface area (Å²) in [4.78, 5) is 16.8. The molecule has 0 radical (unpaired) electrons. The summed E-state index contributed by atoms with van der Waals surface area (Å²) >= 11 is 0. The van der Waals surface area contributed by atoms with Crippen molar-refractivity contribution >= 4 is 5.91 Å². The van der Waals surface area contributed by atoms with Gasteiger partial charge in [-0.2, -0.15) is 0 Å². The molecule has 0 aliphatic carbocycles. The number of hydrogen-bond donors (Lipinski definition) is 1. The summed E-state index contributed by atoms with van der Waals surface area (Å²) in [7, 11) is 0. The quantitative estimate of drug-likeness (QED) is 0.816. The van der Waals surface area contributed by atoms with Crippen molar-refractivity contribution in [3.8, 4) is 0 Å². The second-order valence-corrected chi connectivity index (χ2v) is 7.04. The third-order valence-electron chi connectivity index (χ3n) is 4.28. The Morgan fingerprint density at radius 2 is 1.68 bits per heavy atom. The summed E-state index contributed by atoms with van der Waals surface area (Å²) in [6, 6.07) is 0. The van der Waals surface area contributed by atoms with Crippen LogP contribution < -0.4 is 5.32 Å². The summed E-state index contributed by atoms with van der Waals surface area (Å²) in [6.45, 7) is 13.5. The van der Waals surface area contributed by atoms with Crippen molar-refractivity contribution in [3.05, 3.63) is 0 Å². The topological polar surface area (TPSA) is 35.6 Å². The second-order valence-electron chi connectivity index (χ2n) is 7.04. The number of carbonyl (C=O) groups is 1. The van der Waals surface area contributed by atoms with Gasteiger partial charge in [0.25, 0.3) is 0 Å². The van der Waals surface area contributed by atoms with E-state index in [1.165, 1.54) is 32.5 Å². The maximum Gasteiger partial charge on any atom is 0.228 e. The molecule has 0 aromatic carbocycles. The van der Waals surface area contributed by atoms with Crippen molar-refractivity contribution in [2.24, 2.45) is 11.3 Å². The van der Waals surface area contributed by atoms with Crippen LogP contribution in [0.4, 0.5) is 0 Å². The SMILES string of the molecule is CC(C)(C)C(=O)N1CCN(CC2CCNCC2)CC1. The van der Waals surface area contributed by atoms with E-state index in [1.54, 1.807) is 0 Å². The highest BCUT2D eigenvalue weighted by atomic mass is 16.2. The number of rotatable bonds is 2. The van der Waals surface area contributed by atoms with Crippen molar-refractivity contribution in [1.29, 1.82) is 0 Å². The summed E-state index contributed by atoms with van der Waals surface area (Å²) in [5.41, 5.74) is -0.239. The molecule has 2 aliphatic rings. The van der Waals surface area contributed by atoms with Crippen LogP contribution >= 0.6 is 0 Å². The number of hydrogen-bond acceptors (Lipinski definition) is 3. The third-order valence-corrected chi connectivity index (χ3v) is 4.28. The van der Waals surface area contributed by atoms with Crippen molar-refractivity contribution in [1.82, 2.24) is 15.1 Å². The van der Waals surface area contributed by atoms with E-state index in [9.17, 15) is 4.79 Å². The lowest BCUT2D eigenvalue weighted by Crippen LogP contribution is -2.52. The van der Waals surface area contributed by atoms with Crippen LogP contribution in [0.3, 0.4) is 0 Å². The van der Waals surface area contributed by atoms with E-state index < -0.39 is 0 Å². The van der Waals surface area contributed by atoms with Crippen molar-refractivity contribution in [2.45, 2.75) is 33.6 Å². The highest BCUT2D eigenvalue weighted by Crippen LogP contribution is 2.20. The first-order valence-electron chi connectivity index (χ1n) is 7.69. The lowest BCUT2D eigenvalue weighted by molar-refractivity contribution is -0.141. The van der Waals surface area contributed by atoms with Crippen LogP contribution in [0.15, 0.2) is 0 Å². The predicted octanol–water partition coefficient (Wildman–Crippen LogP) is 1.18. The van der Waals surface area contributed by atoms with Crippen molar-refractivity contribution in [2.75, 3.05) is 45.8 Å². The number of amides is 1. The molecule has 0 unspecified atom stereocenters. The smallest absolute Gasteiger partial charge is 0.228 e. The monoisotopic (exact) mass is 267 g/mol. The Balaban J connectivity index is 1.74. The Labute approximate surface area is 117 Å². The Bertz CT molecular complexity index is 297. The minimum absolute atomic E-state index is 0.239. The molecule has 0 aromatic heterocycles. The van der Waals surface area contributed by atoms with Gasteiger partial charge in [-0.3, -0.25) is 9.69 Å². The Morgan fingerprint density at radius 3 is 2.21 bits per heavy atom. The summed E-state index contributed by atoms with van der Waals surface area (Å²) < 4.78 is 0. The minimum Gasteiger partial charge on any atom is -0.340 e. The zero-order valence-electron chi connectivity index (χ0n) is 12.7. The van der Waals surface area contributed by atoms with Crippen LogP contribution in [0.1, 0.15) is 33.6 Å². The molecule has 2 saturated heterocycles. The van der Waals surface area contributed by atoms with Gasteiger partial charge in [-0.25, -0.2) is 0 Å². The lowest BCUT2D eigenvalue weighted by Gasteiger charge is -2.39. The Kier molecular flexibility index (Phi) is 4.85. The largest absolute Gasteiger partial charge is 0.340 e. The van der Waals surface area contributed by atoms with Gasteiger partial charge in [0.1, 0.15) is 0 Å². The van der Waals surface area contributed by atoms with Crippen LogP contribution in [0.2, 0.25) is 0 Å². The molecule has 0 spiro atoms. The first-order chi connectivity index (χ1) is 8.97. The predicted molar refractivity (Wildman–Crippen MR) is 78.1 cm³/mol. The number of carbonyl (C=O) groups excluding carboxylic acids is 1. The number of piperidine rings is 1. The molecule has 0 bridgehead atoms. The van der Waals surface area contributed by atoms with Gasteiger partial charge >= 0.3 is 0 Å². The molecule has 1 N–H and O–H groups in total. The maximum atomic E-state index is 12.2. The number of piperazine rings is 1. The van der Waals surface area contributed by atoms with Gasteiger partial charge in [0.15, 0.2) is 0 Å². The molecule has 0 aromatic rings. The zero-order valence-corrected chi connectivity index (χ0v) is 12.7. The van der Waals surface area contributed by atoms with Gasteiger partial charge in [0.2, 0.25) is 5.91 Å². The standard InChI is InChI=1S/C15H29N3O/c1-15(2,3)14(19)18-10-8-17(9-11-18)12-13-4-6-16-7-5-13/h13,16H,4-12H2,1-3H3. The molecule has 2 heterocycles. The third kappa shape index (κ3) is 4.18. The maximum absolute atomic E-state index is 12.2. The van der Waals surface area contributed by atoms with E-state index in [-0.39, 0.29) is 5.41 Å². The highest BCUT2D eigenvalue weighted by Gasteiger charge is 2.30. The molecule has 0 atom stereocenters. The van der Waals surface area contributed by atoms with Crippen LogP contribution in [0.5, 0.6) is 0 Å². The molecule has 0 saturated carbocycles. The van der Waals surface area contributed by atoms with E-state index in [0.29, 0.717) is 5.91 Å². The van der Waals surface area contributed by atoms with Crippen molar-refractivity contribution < 1.29 is 4.79 Å². The van der Waals surface area contributed by atoms with Gasteiger partial charge in [-0.15, -0.1) is 0 Å². The average molecular weight is 267 g/mol. The number of nitrogens with one attached hydrogen (secondary N) is 1. The zero-order chi connectivity index (χ0) is 13.9. The fourth-order valence-electron chi connectivity index (χ4n) is 3.04. The molecule has 4 heteroatoms. The molecule has 2 rings (SSSR count). The molecule has 2 aliphatic heterocycles. The molecule has 4 nitrogen and oxygen atoms in total. The van der Waals surface area contributed by atoms with E-state index in [1.807, 2.05) is 25.7 Å². The molecule has 1 amide bonds. The van der Waals surface area contributed by atoms with Crippen LogP contribution in [0.25, 0.3) is 0 Å². The van der Waals surface area contributed by atoms with Gasteiger partial charge < -0.3 is 10.2 Å². The molecular weight excluding hydrogens is 238 g/mol. The van der Waals surface area contributed by atoms with Crippen molar-refractivity contribution in [3.63, 3.8) is 0 Å². The van der Waals surface area contributed by atoms with Crippen LogP contribution in [-0.4, -0.2) is 61.5 Å². The van der Waals surface area contributed by atoms with E-state index in [2.05, 4.69) is 10.2 Å². The summed E-state index contributed by atoms with van der Waals surface area (Å²) in [5.74, 6) is 1.15. The second kappa shape index (κ2) is 6.23. The number of nitrogens with zero attached hydrogens (tertiary/aromatic N) is 2. The summed E-state index contributed by atoms with van der Waals surface area (Å²) in [5, 5.41) is 3.42. The lowest BCUT2D eigenvalue weighted by atomic mass is 9.94. The van der Waals surface area contributed by atoms with Crippen LogP contribution in [-0.2, 0) is 4.79 Å². The first kappa shape index (κ1) is 14.8. The van der Waals surface area contributed by atoms with E-state index in [0.717, 1.165) is 32.1 Å². The first-order valence-corrected chi connectivity index (χ1v) is 7.69. The molecular formula is C15H29N3O. The average Bonchev–Trinajstić information content (AvgIpc) is 2.39. The molecule has 19 heavy (non-hydrogen) atoms. The van der Waals surface area contributed by atoms with Gasteiger partial charge in [0.05, 0.1) is 0 Å². The summed E-state index contributed by atoms with van der Waals surface area (Å²) in [6.07, 6.45) is 2.61. The molecule has 2 fully saturated rings. The Hall–Kier alpha value is -0.610. The Morgan fingerprint density at radius 1 is 1.11 bits per heavy atom.